The number of hydrogen-bond donors (Lipinski definition) is 0. The third-order valence-electron chi connectivity index (χ3n) is 5.46. The molecule has 7 heteroatoms. The summed E-state index contributed by atoms with van der Waals surface area (Å²) in [5, 5.41) is 9.90. The summed E-state index contributed by atoms with van der Waals surface area (Å²) in [7, 11) is 4.56. The summed E-state index contributed by atoms with van der Waals surface area (Å²) in [4.78, 5) is 27.8. The monoisotopic (exact) mass is 359 g/mol. The zero-order valence-electron chi connectivity index (χ0n) is 13.6. The number of piperazine rings is 1. The van der Waals surface area contributed by atoms with Crippen LogP contribution in [0.5, 0.6) is 0 Å². The van der Waals surface area contributed by atoms with Crippen molar-refractivity contribution in [2.45, 2.75) is 36.1 Å². The Morgan fingerprint density at radius 2 is 1.83 bits per heavy atom. The number of amides is 2. The fourth-order valence-electron chi connectivity index (χ4n) is 4.06. The van der Waals surface area contributed by atoms with Crippen LogP contribution in [0.4, 0.5) is 0 Å². The van der Waals surface area contributed by atoms with Crippen molar-refractivity contribution < 1.29 is 9.59 Å². The Morgan fingerprint density at radius 3 is 2.46 bits per heavy atom. The summed E-state index contributed by atoms with van der Waals surface area (Å²) in [6, 6.07) is 11.6. The molecular weight excluding hydrogens is 342 g/mol. The average molecular weight is 359 g/mol. The molecule has 1 spiro atoms. The molecule has 0 radical (unpaired) electrons. The maximum absolute atomic E-state index is 13.3. The van der Waals surface area contributed by atoms with Crippen LogP contribution in [0.1, 0.15) is 31.9 Å². The van der Waals surface area contributed by atoms with Crippen molar-refractivity contribution in [1.29, 1.82) is 5.26 Å². The lowest BCUT2D eigenvalue weighted by Crippen LogP contribution is -2.73. The fourth-order valence-corrected chi connectivity index (χ4v) is 7.64. The van der Waals surface area contributed by atoms with Gasteiger partial charge in [-0.05, 0) is 19.4 Å². The smallest absolute Gasteiger partial charge is 0.261 e. The van der Waals surface area contributed by atoms with Crippen molar-refractivity contribution >= 4 is 33.4 Å². The SMILES string of the molecule is CN1C(=O)[C@@]23C[C@](C)(C#N)[C@H](c4ccccc4)N2C(=O)[C@@]1(C)SS3. The number of fused-ring (bicyclic) bond motifs is 2. The second-order valence-electron chi connectivity index (χ2n) is 6.99. The van der Waals surface area contributed by atoms with Crippen molar-refractivity contribution in [3.8, 4) is 6.07 Å². The third kappa shape index (κ3) is 1.63. The number of rotatable bonds is 1. The van der Waals surface area contributed by atoms with Gasteiger partial charge in [0.2, 0.25) is 0 Å². The minimum Gasteiger partial charge on any atom is -0.319 e. The van der Waals surface area contributed by atoms with E-state index in [0.29, 0.717) is 6.42 Å². The van der Waals surface area contributed by atoms with Crippen LogP contribution in [0.3, 0.4) is 0 Å². The molecular formula is C17H17N3O2S2. The fraction of sp³-hybridized carbons (Fsp3) is 0.471. The molecule has 5 nitrogen and oxygen atoms in total. The van der Waals surface area contributed by atoms with Gasteiger partial charge in [0.05, 0.1) is 17.5 Å². The molecule has 4 saturated heterocycles. The zero-order valence-corrected chi connectivity index (χ0v) is 15.3. The molecule has 4 aliphatic rings. The van der Waals surface area contributed by atoms with E-state index in [1.54, 1.807) is 23.8 Å². The lowest BCUT2D eigenvalue weighted by molar-refractivity contribution is -0.164. The summed E-state index contributed by atoms with van der Waals surface area (Å²) in [6.07, 6.45) is 0.346. The number of benzene rings is 1. The second kappa shape index (κ2) is 4.70. The standard InChI is InChI=1S/C17H17N3O2S2/c1-15(10-18)9-17-14(22)19(3)16(2,23-24-17)13(21)20(17)12(15)11-7-5-4-6-8-11/h4-8,12H,9H2,1-3H3/t12-,15+,16+,17-/m0/s1. The molecule has 24 heavy (non-hydrogen) atoms. The van der Waals surface area contributed by atoms with E-state index in [1.807, 2.05) is 37.3 Å². The maximum Gasteiger partial charge on any atom is 0.261 e. The van der Waals surface area contributed by atoms with Gasteiger partial charge in [-0.15, -0.1) is 0 Å². The highest BCUT2D eigenvalue weighted by Gasteiger charge is 2.74. The average Bonchev–Trinajstić information content (AvgIpc) is 2.87. The van der Waals surface area contributed by atoms with Crippen molar-refractivity contribution in [3.05, 3.63) is 35.9 Å². The summed E-state index contributed by atoms with van der Waals surface area (Å²) >= 11 is 0. The van der Waals surface area contributed by atoms with Crippen molar-refractivity contribution in [2.75, 3.05) is 7.05 Å². The normalized spacial score (nSPS) is 40.7. The molecule has 5 rings (SSSR count). The van der Waals surface area contributed by atoms with E-state index < -0.39 is 21.2 Å². The van der Waals surface area contributed by atoms with Crippen LogP contribution >= 0.6 is 21.6 Å². The summed E-state index contributed by atoms with van der Waals surface area (Å²) in [5.41, 5.74) is 0.0976. The summed E-state index contributed by atoms with van der Waals surface area (Å²) in [6.45, 7) is 3.65. The summed E-state index contributed by atoms with van der Waals surface area (Å²) in [5.74, 6) is -0.158. The molecule has 4 aliphatic heterocycles. The summed E-state index contributed by atoms with van der Waals surface area (Å²) < 4.78 is 0. The van der Waals surface area contributed by atoms with Crippen LogP contribution in [0.2, 0.25) is 0 Å². The predicted octanol–water partition coefficient (Wildman–Crippen LogP) is 2.77. The Hall–Kier alpha value is -1.65. The van der Waals surface area contributed by atoms with Crippen LogP contribution in [-0.4, -0.2) is 38.4 Å². The number of nitrogens with zero attached hydrogens (tertiary/aromatic N) is 3. The molecule has 0 saturated carbocycles. The molecule has 0 aromatic heterocycles. The molecule has 0 N–H and O–H groups in total. The zero-order chi connectivity index (χ0) is 17.3. The van der Waals surface area contributed by atoms with Gasteiger partial charge in [-0.2, -0.15) is 5.26 Å². The topological polar surface area (TPSA) is 64.4 Å². The van der Waals surface area contributed by atoms with E-state index in [1.165, 1.54) is 21.6 Å². The van der Waals surface area contributed by atoms with E-state index in [-0.39, 0.29) is 11.8 Å². The van der Waals surface area contributed by atoms with E-state index in [9.17, 15) is 14.9 Å². The van der Waals surface area contributed by atoms with Crippen LogP contribution in [0.25, 0.3) is 0 Å². The Morgan fingerprint density at radius 1 is 1.17 bits per heavy atom. The van der Waals surface area contributed by atoms with Gasteiger partial charge in [0, 0.05) is 13.5 Å². The van der Waals surface area contributed by atoms with Gasteiger partial charge in [0.15, 0.2) is 9.74 Å². The number of nitriles is 1. The first kappa shape index (κ1) is 15.9. The van der Waals surface area contributed by atoms with E-state index in [2.05, 4.69) is 6.07 Å². The molecule has 2 amide bonds. The molecule has 1 aromatic rings. The van der Waals surface area contributed by atoms with Gasteiger partial charge in [0.1, 0.15) is 0 Å². The molecule has 4 heterocycles. The van der Waals surface area contributed by atoms with Gasteiger partial charge < -0.3 is 9.80 Å². The number of likely N-dealkylation sites (N-methyl/N-ethyl adjacent to an activating group) is 1. The first-order valence-electron chi connectivity index (χ1n) is 7.75. The van der Waals surface area contributed by atoms with E-state index in [4.69, 9.17) is 0 Å². The predicted molar refractivity (Wildman–Crippen MR) is 93.5 cm³/mol. The number of carbonyl (C=O) groups excluding carboxylic acids is 2. The molecule has 4 atom stereocenters. The van der Waals surface area contributed by atoms with E-state index >= 15 is 0 Å². The van der Waals surface area contributed by atoms with Crippen molar-refractivity contribution in [1.82, 2.24) is 9.80 Å². The van der Waals surface area contributed by atoms with Gasteiger partial charge in [-0.25, -0.2) is 0 Å². The largest absolute Gasteiger partial charge is 0.319 e. The highest BCUT2D eigenvalue weighted by atomic mass is 33.1. The van der Waals surface area contributed by atoms with Gasteiger partial charge in [-0.3, -0.25) is 9.59 Å². The Balaban J connectivity index is 1.95. The lowest BCUT2D eigenvalue weighted by atomic mass is 9.79. The number of carbonyl (C=O) groups is 2. The molecule has 0 aliphatic carbocycles. The molecule has 1 aromatic carbocycles. The van der Waals surface area contributed by atoms with Gasteiger partial charge in [0.25, 0.3) is 11.8 Å². The molecule has 2 bridgehead atoms. The number of hydrogen-bond acceptors (Lipinski definition) is 5. The molecule has 124 valence electrons. The second-order valence-corrected chi connectivity index (χ2v) is 9.80. The first-order valence-corrected chi connectivity index (χ1v) is 9.90. The Labute approximate surface area is 148 Å². The Bertz CT molecular complexity index is 795. The third-order valence-corrected chi connectivity index (χ3v) is 9.16. The maximum atomic E-state index is 13.3. The highest BCUT2D eigenvalue weighted by molar-refractivity contribution is 8.78. The first-order chi connectivity index (χ1) is 11.3. The van der Waals surface area contributed by atoms with Crippen molar-refractivity contribution in [2.24, 2.45) is 5.41 Å². The van der Waals surface area contributed by atoms with Crippen LogP contribution in [0, 0.1) is 16.7 Å². The Kier molecular flexibility index (Phi) is 3.11. The minimum absolute atomic E-state index is 0.0757. The highest BCUT2D eigenvalue weighted by Crippen LogP contribution is 2.69. The van der Waals surface area contributed by atoms with Crippen LogP contribution < -0.4 is 0 Å². The lowest BCUT2D eigenvalue weighted by Gasteiger charge is -2.57. The van der Waals surface area contributed by atoms with Crippen LogP contribution in [-0.2, 0) is 9.59 Å². The van der Waals surface area contributed by atoms with Gasteiger partial charge >= 0.3 is 0 Å². The van der Waals surface area contributed by atoms with Gasteiger partial charge in [-0.1, -0.05) is 51.9 Å². The van der Waals surface area contributed by atoms with E-state index in [0.717, 1.165) is 5.56 Å². The van der Waals surface area contributed by atoms with Crippen molar-refractivity contribution in [3.63, 3.8) is 0 Å². The molecule has 4 fully saturated rings. The van der Waals surface area contributed by atoms with Crippen LogP contribution in [0.15, 0.2) is 30.3 Å². The quantitative estimate of drug-likeness (QED) is 0.722. The molecule has 0 unspecified atom stereocenters. The minimum atomic E-state index is -0.987.